The van der Waals surface area contributed by atoms with E-state index in [1.54, 1.807) is 0 Å². The minimum absolute atomic E-state index is 0.218. The summed E-state index contributed by atoms with van der Waals surface area (Å²) in [6.45, 7) is 4.07. The molecule has 94 valence electrons. The van der Waals surface area contributed by atoms with Gasteiger partial charge in [-0.3, -0.25) is 11.3 Å². The molecule has 0 aliphatic heterocycles. The smallest absolute Gasteiger partial charge is 0.119 e. The van der Waals surface area contributed by atoms with E-state index in [0.717, 1.165) is 18.1 Å². The van der Waals surface area contributed by atoms with Gasteiger partial charge in [0.15, 0.2) is 0 Å². The highest BCUT2D eigenvalue weighted by molar-refractivity contribution is 5.29. The molecule has 0 amide bonds. The van der Waals surface area contributed by atoms with Gasteiger partial charge >= 0.3 is 0 Å². The zero-order chi connectivity index (χ0) is 12.3. The molecule has 3 nitrogen and oxygen atoms in total. The van der Waals surface area contributed by atoms with Crippen molar-refractivity contribution < 1.29 is 4.74 Å². The summed E-state index contributed by atoms with van der Waals surface area (Å²) in [4.78, 5) is 0. The van der Waals surface area contributed by atoms with Crippen LogP contribution in [0.2, 0.25) is 0 Å². The third-order valence-electron chi connectivity index (χ3n) is 3.12. The highest BCUT2D eigenvalue weighted by Gasteiger charge is 2.25. The van der Waals surface area contributed by atoms with E-state index < -0.39 is 0 Å². The molecule has 1 unspecified atom stereocenters. The highest BCUT2D eigenvalue weighted by Crippen LogP contribution is 2.37. The Bertz CT molecular complexity index is 344. The fraction of sp³-hybridized carbons (Fsp3) is 0.571. The standard InChI is InChI=1S/C14H22N2O/c1-10(2)17-13-7-5-12(6-8-13)14(16-15)9-11-3-4-11/h5-8,10-11,14,16H,3-4,9,15H2,1-2H3. The largest absolute Gasteiger partial charge is 0.491 e. The molecule has 1 aromatic rings. The van der Waals surface area contributed by atoms with Gasteiger partial charge in [0.2, 0.25) is 0 Å². The second-order valence-electron chi connectivity index (χ2n) is 5.13. The summed E-state index contributed by atoms with van der Waals surface area (Å²) >= 11 is 0. The molecule has 1 atom stereocenters. The summed E-state index contributed by atoms with van der Waals surface area (Å²) in [6.07, 6.45) is 4.07. The van der Waals surface area contributed by atoms with Crippen LogP contribution in [-0.2, 0) is 0 Å². The number of hydrazine groups is 1. The van der Waals surface area contributed by atoms with Crippen LogP contribution in [0.4, 0.5) is 0 Å². The van der Waals surface area contributed by atoms with E-state index >= 15 is 0 Å². The second kappa shape index (κ2) is 5.52. The van der Waals surface area contributed by atoms with Crippen molar-refractivity contribution in [2.75, 3.05) is 0 Å². The normalized spacial score (nSPS) is 17.2. The zero-order valence-corrected chi connectivity index (χ0v) is 10.6. The van der Waals surface area contributed by atoms with Crippen molar-refractivity contribution in [3.05, 3.63) is 29.8 Å². The topological polar surface area (TPSA) is 47.3 Å². The van der Waals surface area contributed by atoms with Gasteiger partial charge in [-0.25, -0.2) is 0 Å². The van der Waals surface area contributed by atoms with E-state index in [1.807, 2.05) is 26.0 Å². The molecule has 1 aliphatic carbocycles. The van der Waals surface area contributed by atoms with Crippen LogP contribution < -0.4 is 16.0 Å². The Morgan fingerprint density at radius 1 is 1.29 bits per heavy atom. The number of benzene rings is 1. The first-order valence-electron chi connectivity index (χ1n) is 6.41. The summed E-state index contributed by atoms with van der Waals surface area (Å²) in [5.41, 5.74) is 4.15. The molecule has 0 heterocycles. The molecule has 3 N–H and O–H groups in total. The van der Waals surface area contributed by atoms with Crippen molar-refractivity contribution in [1.82, 2.24) is 5.43 Å². The van der Waals surface area contributed by atoms with Gasteiger partial charge in [-0.2, -0.15) is 0 Å². The Morgan fingerprint density at radius 2 is 1.94 bits per heavy atom. The van der Waals surface area contributed by atoms with Crippen molar-refractivity contribution >= 4 is 0 Å². The van der Waals surface area contributed by atoms with Gasteiger partial charge < -0.3 is 4.74 Å². The fourth-order valence-electron chi connectivity index (χ4n) is 2.04. The Kier molecular flexibility index (Phi) is 4.02. The van der Waals surface area contributed by atoms with Crippen LogP contribution in [0.15, 0.2) is 24.3 Å². The maximum atomic E-state index is 5.62. The zero-order valence-electron chi connectivity index (χ0n) is 10.6. The van der Waals surface area contributed by atoms with E-state index in [-0.39, 0.29) is 12.1 Å². The molecule has 1 aromatic carbocycles. The van der Waals surface area contributed by atoms with Gasteiger partial charge in [-0.1, -0.05) is 25.0 Å². The van der Waals surface area contributed by atoms with Crippen LogP contribution in [0.25, 0.3) is 0 Å². The van der Waals surface area contributed by atoms with E-state index in [9.17, 15) is 0 Å². The lowest BCUT2D eigenvalue weighted by Gasteiger charge is -2.17. The van der Waals surface area contributed by atoms with Crippen LogP contribution in [0.3, 0.4) is 0 Å². The maximum absolute atomic E-state index is 5.62. The number of nitrogens with one attached hydrogen (secondary N) is 1. The van der Waals surface area contributed by atoms with Crippen LogP contribution in [0.1, 0.15) is 44.7 Å². The van der Waals surface area contributed by atoms with Crippen molar-refractivity contribution in [2.24, 2.45) is 11.8 Å². The first kappa shape index (κ1) is 12.4. The Balaban J connectivity index is 1.99. The average Bonchev–Trinajstić information content (AvgIpc) is 3.10. The van der Waals surface area contributed by atoms with Crippen LogP contribution in [0.5, 0.6) is 5.75 Å². The lowest BCUT2D eigenvalue weighted by molar-refractivity contribution is 0.242. The van der Waals surface area contributed by atoms with E-state index in [4.69, 9.17) is 10.6 Å². The first-order valence-corrected chi connectivity index (χ1v) is 6.41. The monoisotopic (exact) mass is 234 g/mol. The minimum Gasteiger partial charge on any atom is -0.491 e. The summed E-state index contributed by atoms with van der Waals surface area (Å²) in [7, 11) is 0. The molecule has 17 heavy (non-hydrogen) atoms. The Labute approximate surface area is 103 Å². The minimum atomic E-state index is 0.218. The first-order chi connectivity index (χ1) is 8.19. The molecule has 0 bridgehead atoms. The van der Waals surface area contributed by atoms with E-state index in [0.29, 0.717) is 0 Å². The van der Waals surface area contributed by atoms with Gasteiger partial charge in [0.1, 0.15) is 5.75 Å². The predicted octanol–water partition coefficient (Wildman–Crippen LogP) is 2.78. The van der Waals surface area contributed by atoms with Crippen LogP contribution >= 0.6 is 0 Å². The number of ether oxygens (including phenoxy) is 1. The average molecular weight is 234 g/mol. The molecule has 0 aromatic heterocycles. The molecule has 0 spiro atoms. The van der Waals surface area contributed by atoms with Gasteiger partial charge in [-0.05, 0) is 43.9 Å². The van der Waals surface area contributed by atoms with Gasteiger partial charge in [0.25, 0.3) is 0 Å². The van der Waals surface area contributed by atoms with Crippen LogP contribution in [0, 0.1) is 5.92 Å². The molecule has 0 saturated heterocycles. The molecule has 3 heteroatoms. The van der Waals surface area contributed by atoms with Gasteiger partial charge in [0, 0.05) is 6.04 Å². The van der Waals surface area contributed by atoms with Gasteiger partial charge in [0.05, 0.1) is 6.10 Å². The molecular formula is C14H22N2O. The summed E-state index contributed by atoms with van der Waals surface area (Å²) in [5, 5.41) is 0. The number of hydrogen-bond donors (Lipinski definition) is 2. The lowest BCUT2D eigenvalue weighted by Crippen LogP contribution is -2.28. The molecule has 1 saturated carbocycles. The van der Waals surface area contributed by atoms with Gasteiger partial charge in [-0.15, -0.1) is 0 Å². The number of nitrogens with two attached hydrogens (primary N) is 1. The molecule has 1 fully saturated rings. The molecule has 0 radical (unpaired) electrons. The van der Waals surface area contributed by atoms with E-state index in [2.05, 4.69) is 17.6 Å². The van der Waals surface area contributed by atoms with Crippen molar-refractivity contribution in [1.29, 1.82) is 0 Å². The summed E-state index contributed by atoms with van der Waals surface area (Å²) in [6, 6.07) is 8.52. The highest BCUT2D eigenvalue weighted by atomic mass is 16.5. The summed E-state index contributed by atoms with van der Waals surface area (Å²) in [5.74, 6) is 7.40. The lowest BCUT2D eigenvalue weighted by atomic mass is 10.0. The maximum Gasteiger partial charge on any atom is 0.119 e. The molecular weight excluding hydrogens is 212 g/mol. The van der Waals surface area contributed by atoms with E-state index in [1.165, 1.54) is 18.4 Å². The van der Waals surface area contributed by atoms with Crippen LogP contribution in [-0.4, -0.2) is 6.10 Å². The molecule has 2 rings (SSSR count). The Hall–Kier alpha value is -1.06. The third-order valence-corrected chi connectivity index (χ3v) is 3.12. The van der Waals surface area contributed by atoms with Crippen molar-refractivity contribution in [2.45, 2.75) is 45.3 Å². The SMILES string of the molecule is CC(C)Oc1ccc(C(CC2CC2)NN)cc1. The second-order valence-corrected chi connectivity index (χ2v) is 5.13. The third kappa shape index (κ3) is 3.72. The number of rotatable bonds is 6. The molecule has 1 aliphatic rings. The Morgan fingerprint density at radius 3 is 2.41 bits per heavy atom. The predicted molar refractivity (Wildman–Crippen MR) is 69.6 cm³/mol. The number of hydrogen-bond acceptors (Lipinski definition) is 3. The fourth-order valence-corrected chi connectivity index (χ4v) is 2.04. The quantitative estimate of drug-likeness (QED) is 0.587. The van der Waals surface area contributed by atoms with Crippen molar-refractivity contribution in [3.63, 3.8) is 0 Å². The summed E-state index contributed by atoms with van der Waals surface area (Å²) < 4.78 is 5.62. The van der Waals surface area contributed by atoms with Crippen molar-refractivity contribution in [3.8, 4) is 5.75 Å².